The quantitative estimate of drug-likeness (QED) is 0.623. The van der Waals surface area contributed by atoms with Crippen molar-refractivity contribution in [2.75, 3.05) is 0 Å². The maximum Gasteiger partial charge on any atom is 0.305 e. The van der Waals surface area contributed by atoms with Crippen molar-refractivity contribution in [3.63, 3.8) is 0 Å². The minimum Gasteiger partial charge on any atom is -0.493 e. The number of hydrogen-bond donors (Lipinski definition) is 3. The fraction of sp³-hybridized carbons (Fsp3) is 0.150. The molecule has 0 spiro atoms. The highest BCUT2D eigenvalue weighted by Gasteiger charge is 2.22. The summed E-state index contributed by atoms with van der Waals surface area (Å²) in [5.41, 5.74) is 2.26. The van der Waals surface area contributed by atoms with E-state index in [0.29, 0.717) is 11.3 Å². The number of rotatable bonds is 6. The summed E-state index contributed by atoms with van der Waals surface area (Å²) in [5.74, 6) is -1.77. The summed E-state index contributed by atoms with van der Waals surface area (Å²) in [6.07, 6.45) is -0.263. The molecular weight excluding hydrogens is 346 g/mol. The molecule has 0 aliphatic rings. The lowest BCUT2D eigenvalue weighted by Gasteiger charge is -2.17. The highest BCUT2D eigenvalue weighted by atomic mass is 16.4. The van der Waals surface area contributed by atoms with Gasteiger partial charge in [0.25, 0.3) is 5.91 Å². The lowest BCUT2D eigenvalue weighted by atomic mass is 10.0. The van der Waals surface area contributed by atoms with E-state index in [0.717, 1.165) is 5.56 Å². The van der Waals surface area contributed by atoms with Gasteiger partial charge in [-0.1, -0.05) is 48.0 Å². The molecular formula is C20H19N3O4. The Bertz CT molecular complexity index is 966. The molecule has 1 amide bonds. The van der Waals surface area contributed by atoms with Gasteiger partial charge in [0.05, 0.1) is 18.2 Å². The summed E-state index contributed by atoms with van der Waals surface area (Å²) in [4.78, 5) is 23.8. The molecule has 1 atom stereocenters. The molecule has 3 aromatic rings. The molecule has 1 aromatic heterocycles. The van der Waals surface area contributed by atoms with Gasteiger partial charge >= 0.3 is 5.97 Å². The zero-order valence-electron chi connectivity index (χ0n) is 14.7. The molecule has 3 N–H and O–H groups in total. The lowest BCUT2D eigenvalue weighted by Crippen LogP contribution is -2.30. The van der Waals surface area contributed by atoms with Crippen LogP contribution in [0.4, 0.5) is 0 Å². The van der Waals surface area contributed by atoms with Gasteiger partial charge < -0.3 is 15.5 Å². The highest BCUT2D eigenvalue weighted by molar-refractivity contribution is 5.93. The van der Waals surface area contributed by atoms with Crippen LogP contribution in [0.3, 0.4) is 0 Å². The van der Waals surface area contributed by atoms with Gasteiger partial charge in [-0.2, -0.15) is 5.10 Å². The fourth-order valence-electron chi connectivity index (χ4n) is 2.79. The number of carbonyl (C=O) groups is 2. The van der Waals surface area contributed by atoms with Gasteiger partial charge in [0.2, 0.25) is 5.88 Å². The van der Waals surface area contributed by atoms with E-state index in [4.69, 9.17) is 0 Å². The number of carboxylic acids is 1. The van der Waals surface area contributed by atoms with E-state index >= 15 is 0 Å². The Balaban J connectivity index is 1.85. The predicted molar refractivity (Wildman–Crippen MR) is 98.9 cm³/mol. The zero-order valence-corrected chi connectivity index (χ0v) is 14.7. The number of aromatic nitrogens is 2. The number of carboxylic acid groups (broad SMARTS) is 1. The molecule has 7 heteroatoms. The van der Waals surface area contributed by atoms with Crippen LogP contribution in [0, 0.1) is 6.92 Å². The number of carbonyl (C=O) groups excluding carboxylic acids is 1. The first-order chi connectivity index (χ1) is 12.9. The first-order valence-electron chi connectivity index (χ1n) is 8.37. The average molecular weight is 365 g/mol. The van der Waals surface area contributed by atoms with Crippen molar-refractivity contribution in [1.82, 2.24) is 15.1 Å². The maximum absolute atomic E-state index is 12.6. The summed E-state index contributed by atoms with van der Waals surface area (Å²) in [6, 6.07) is 16.7. The summed E-state index contributed by atoms with van der Waals surface area (Å²) < 4.78 is 1.24. The molecule has 0 saturated carbocycles. The molecule has 0 bridgehead atoms. The molecule has 0 fully saturated rings. The van der Waals surface area contributed by atoms with Gasteiger partial charge in [-0.3, -0.25) is 9.59 Å². The van der Waals surface area contributed by atoms with Crippen LogP contribution in [0.1, 0.15) is 34.1 Å². The van der Waals surface area contributed by atoms with E-state index in [1.54, 1.807) is 30.3 Å². The van der Waals surface area contributed by atoms with Gasteiger partial charge in [-0.05, 0) is 24.6 Å². The largest absolute Gasteiger partial charge is 0.493 e. The monoisotopic (exact) mass is 365 g/mol. The number of nitrogens with one attached hydrogen (secondary N) is 1. The Labute approximate surface area is 155 Å². The lowest BCUT2D eigenvalue weighted by molar-refractivity contribution is -0.137. The van der Waals surface area contributed by atoms with Crippen LogP contribution in [-0.2, 0) is 4.79 Å². The second kappa shape index (κ2) is 7.74. The fourth-order valence-corrected chi connectivity index (χ4v) is 2.79. The number of aliphatic carboxylic acids is 1. The topological polar surface area (TPSA) is 104 Å². The SMILES string of the molecule is Cc1cccc(C(CC(=O)O)NC(=O)c2cc(O)n(-c3ccccc3)n2)c1. The summed E-state index contributed by atoms with van der Waals surface area (Å²) in [6.45, 7) is 1.89. The molecule has 0 aliphatic carbocycles. The summed E-state index contributed by atoms with van der Waals surface area (Å²) in [5, 5.41) is 26.1. The van der Waals surface area contributed by atoms with Crippen molar-refractivity contribution in [3.8, 4) is 11.6 Å². The Morgan fingerprint density at radius 3 is 2.52 bits per heavy atom. The Morgan fingerprint density at radius 1 is 1.11 bits per heavy atom. The summed E-state index contributed by atoms with van der Waals surface area (Å²) >= 11 is 0. The van der Waals surface area contributed by atoms with Crippen LogP contribution in [0.15, 0.2) is 60.7 Å². The Hall–Kier alpha value is -3.61. The molecule has 1 heterocycles. The van der Waals surface area contributed by atoms with Crippen LogP contribution in [-0.4, -0.2) is 31.9 Å². The van der Waals surface area contributed by atoms with E-state index in [9.17, 15) is 19.8 Å². The molecule has 0 aliphatic heterocycles. The minimum atomic E-state index is -1.03. The van der Waals surface area contributed by atoms with Crippen molar-refractivity contribution in [1.29, 1.82) is 0 Å². The van der Waals surface area contributed by atoms with E-state index < -0.39 is 17.9 Å². The molecule has 1 unspecified atom stereocenters. The predicted octanol–water partition coefficient (Wildman–Crippen LogP) is 2.83. The third-order valence-electron chi connectivity index (χ3n) is 4.05. The van der Waals surface area contributed by atoms with E-state index in [2.05, 4.69) is 10.4 Å². The number of aromatic hydroxyl groups is 1. The first kappa shape index (κ1) is 18.2. The average Bonchev–Trinajstić information content (AvgIpc) is 3.03. The zero-order chi connectivity index (χ0) is 19.4. The second-order valence-corrected chi connectivity index (χ2v) is 6.17. The normalized spacial score (nSPS) is 11.7. The Morgan fingerprint density at radius 2 is 1.85 bits per heavy atom. The van der Waals surface area contributed by atoms with Crippen LogP contribution in [0.5, 0.6) is 5.88 Å². The van der Waals surface area contributed by atoms with Crippen molar-refractivity contribution in [3.05, 3.63) is 77.5 Å². The molecule has 0 radical (unpaired) electrons. The molecule has 2 aromatic carbocycles. The van der Waals surface area contributed by atoms with Gasteiger partial charge in [0.15, 0.2) is 5.69 Å². The third-order valence-corrected chi connectivity index (χ3v) is 4.05. The highest BCUT2D eigenvalue weighted by Crippen LogP contribution is 2.21. The molecule has 0 saturated heterocycles. The molecule has 27 heavy (non-hydrogen) atoms. The van der Waals surface area contributed by atoms with Crippen LogP contribution < -0.4 is 5.32 Å². The number of aryl methyl sites for hydroxylation is 1. The van der Waals surface area contributed by atoms with Gasteiger partial charge in [0, 0.05) is 6.07 Å². The number of amides is 1. The van der Waals surface area contributed by atoms with Crippen molar-refractivity contribution < 1.29 is 19.8 Å². The smallest absolute Gasteiger partial charge is 0.305 e. The van der Waals surface area contributed by atoms with Crippen LogP contribution >= 0.6 is 0 Å². The standard InChI is InChI=1S/C20H19N3O4/c1-13-6-5-7-14(10-13)16(12-19(25)26)21-20(27)17-11-18(24)23(22-17)15-8-3-2-4-9-15/h2-11,16,24H,12H2,1H3,(H,21,27)(H,25,26). The van der Waals surface area contributed by atoms with Gasteiger partial charge in [-0.25, -0.2) is 4.68 Å². The van der Waals surface area contributed by atoms with Crippen LogP contribution in [0.2, 0.25) is 0 Å². The third kappa shape index (κ3) is 4.33. The number of para-hydroxylation sites is 1. The van der Waals surface area contributed by atoms with Gasteiger partial charge in [0.1, 0.15) is 0 Å². The van der Waals surface area contributed by atoms with Gasteiger partial charge in [-0.15, -0.1) is 0 Å². The molecule has 138 valence electrons. The number of nitrogens with zero attached hydrogens (tertiary/aromatic N) is 2. The van der Waals surface area contributed by atoms with E-state index in [-0.39, 0.29) is 18.0 Å². The van der Waals surface area contributed by atoms with E-state index in [1.165, 1.54) is 10.7 Å². The van der Waals surface area contributed by atoms with Crippen molar-refractivity contribution in [2.24, 2.45) is 0 Å². The molecule has 7 nitrogen and oxygen atoms in total. The maximum atomic E-state index is 12.6. The van der Waals surface area contributed by atoms with E-state index in [1.807, 2.05) is 31.2 Å². The second-order valence-electron chi connectivity index (χ2n) is 6.17. The minimum absolute atomic E-state index is 0.000560. The first-order valence-corrected chi connectivity index (χ1v) is 8.37. The summed E-state index contributed by atoms with van der Waals surface area (Å²) in [7, 11) is 0. The van der Waals surface area contributed by atoms with Crippen LogP contribution in [0.25, 0.3) is 5.69 Å². The van der Waals surface area contributed by atoms with Crippen molar-refractivity contribution in [2.45, 2.75) is 19.4 Å². The number of benzene rings is 2. The Kier molecular flexibility index (Phi) is 5.21. The molecule has 3 rings (SSSR count). The van der Waals surface area contributed by atoms with Crippen molar-refractivity contribution >= 4 is 11.9 Å². The number of hydrogen-bond acceptors (Lipinski definition) is 4.